The minimum Gasteiger partial charge on any atom is -0.487 e. The largest absolute Gasteiger partial charge is 0.487 e. The molecular weight excluding hydrogens is 254 g/mol. The van der Waals surface area contributed by atoms with E-state index >= 15 is 0 Å². The number of aromatic carboxylic acids is 1. The Hall–Kier alpha value is -2.62. The first-order valence-corrected chi connectivity index (χ1v) is 6.23. The molecule has 1 aromatic carbocycles. The Balaban J connectivity index is 2.07. The van der Waals surface area contributed by atoms with Gasteiger partial charge in [0.25, 0.3) is 0 Å². The lowest BCUT2D eigenvalue weighted by molar-refractivity contribution is 0.0696. The Morgan fingerprint density at radius 2 is 2.10 bits per heavy atom. The molecule has 20 heavy (non-hydrogen) atoms. The number of rotatable bonds is 5. The van der Waals surface area contributed by atoms with Crippen LogP contribution < -0.4 is 4.74 Å². The van der Waals surface area contributed by atoms with Crippen LogP contribution in [0.1, 0.15) is 28.5 Å². The van der Waals surface area contributed by atoms with Crippen LogP contribution in [-0.2, 0) is 6.61 Å². The number of carboxylic acid groups (broad SMARTS) is 1. The molecular formula is C16H15NO3. The number of hydrogen-bond donors (Lipinski definition) is 1. The Morgan fingerprint density at radius 1 is 1.30 bits per heavy atom. The summed E-state index contributed by atoms with van der Waals surface area (Å²) in [7, 11) is 0. The number of allylic oxidation sites excluding steroid dienone is 1. The van der Waals surface area contributed by atoms with Gasteiger partial charge in [-0.05, 0) is 25.1 Å². The fourth-order valence-electron chi connectivity index (χ4n) is 1.72. The molecule has 0 saturated heterocycles. The van der Waals surface area contributed by atoms with Crippen molar-refractivity contribution in [3.63, 3.8) is 0 Å². The second kappa shape index (κ2) is 6.52. The SMILES string of the molecule is C/C=C/c1ccccc1OCc1ccc(C(=O)O)cn1. The molecule has 0 saturated carbocycles. The van der Waals surface area contributed by atoms with Gasteiger partial charge in [-0.1, -0.05) is 30.4 Å². The lowest BCUT2D eigenvalue weighted by atomic mass is 10.2. The predicted molar refractivity (Wildman–Crippen MR) is 76.7 cm³/mol. The topological polar surface area (TPSA) is 59.4 Å². The van der Waals surface area contributed by atoms with E-state index in [1.165, 1.54) is 12.3 Å². The summed E-state index contributed by atoms with van der Waals surface area (Å²) in [6.07, 6.45) is 5.25. The fraction of sp³-hybridized carbons (Fsp3) is 0.125. The van der Waals surface area contributed by atoms with Gasteiger partial charge in [0.2, 0.25) is 0 Å². The van der Waals surface area contributed by atoms with Gasteiger partial charge < -0.3 is 9.84 Å². The summed E-state index contributed by atoms with van der Waals surface area (Å²) >= 11 is 0. The van der Waals surface area contributed by atoms with E-state index in [1.807, 2.05) is 43.3 Å². The summed E-state index contributed by atoms with van der Waals surface area (Å²) in [5, 5.41) is 8.80. The average Bonchev–Trinajstić information content (AvgIpc) is 2.47. The van der Waals surface area contributed by atoms with Gasteiger partial charge in [-0.25, -0.2) is 4.79 Å². The van der Waals surface area contributed by atoms with Gasteiger partial charge in [-0.15, -0.1) is 0 Å². The first-order chi connectivity index (χ1) is 9.70. The molecule has 4 heteroatoms. The molecule has 0 fully saturated rings. The van der Waals surface area contributed by atoms with Gasteiger partial charge in [-0.3, -0.25) is 4.98 Å². The van der Waals surface area contributed by atoms with E-state index < -0.39 is 5.97 Å². The normalized spacial score (nSPS) is 10.7. The number of para-hydroxylation sites is 1. The fourth-order valence-corrected chi connectivity index (χ4v) is 1.72. The minimum atomic E-state index is -0.983. The lowest BCUT2D eigenvalue weighted by Gasteiger charge is -2.08. The lowest BCUT2D eigenvalue weighted by Crippen LogP contribution is -2.02. The Labute approximate surface area is 117 Å². The van der Waals surface area contributed by atoms with Crippen molar-refractivity contribution in [3.05, 3.63) is 65.5 Å². The zero-order valence-corrected chi connectivity index (χ0v) is 11.1. The number of nitrogens with zero attached hydrogens (tertiary/aromatic N) is 1. The van der Waals surface area contributed by atoms with Crippen molar-refractivity contribution in [1.82, 2.24) is 4.98 Å². The molecule has 0 atom stereocenters. The van der Waals surface area contributed by atoms with Crippen LogP contribution in [0.15, 0.2) is 48.7 Å². The van der Waals surface area contributed by atoms with Crippen molar-refractivity contribution in [2.45, 2.75) is 13.5 Å². The van der Waals surface area contributed by atoms with Crippen LogP contribution in [0.3, 0.4) is 0 Å². The van der Waals surface area contributed by atoms with Crippen LogP contribution in [0, 0.1) is 0 Å². The Kier molecular flexibility index (Phi) is 4.50. The summed E-state index contributed by atoms with van der Waals surface area (Å²) in [5.41, 5.74) is 1.85. The molecule has 1 N–H and O–H groups in total. The monoisotopic (exact) mass is 269 g/mol. The highest BCUT2D eigenvalue weighted by Gasteiger charge is 2.04. The van der Waals surface area contributed by atoms with Gasteiger partial charge in [0.15, 0.2) is 0 Å². The Morgan fingerprint density at radius 3 is 2.75 bits per heavy atom. The van der Waals surface area contributed by atoms with Crippen molar-refractivity contribution >= 4 is 12.0 Å². The Bertz CT molecular complexity index is 618. The van der Waals surface area contributed by atoms with Crippen molar-refractivity contribution in [2.75, 3.05) is 0 Å². The van der Waals surface area contributed by atoms with Crippen LogP contribution in [0.5, 0.6) is 5.75 Å². The molecule has 1 aromatic heterocycles. The first-order valence-electron chi connectivity index (χ1n) is 6.23. The molecule has 0 aliphatic rings. The molecule has 0 aliphatic carbocycles. The van der Waals surface area contributed by atoms with Crippen molar-refractivity contribution in [3.8, 4) is 5.75 Å². The highest BCUT2D eigenvalue weighted by Crippen LogP contribution is 2.20. The quantitative estimate of drug-likeness (QED) is 0.903. The summed E-state index contributed by atoms with van der Waals surface area (Å²) in [6.45, 7) is 2.25. The smallest absolute Gasteiger partial charge is 0.337 e. The van der Waals surface area contributed by atoms with Crippen LogP contribution >= 0.6 is 0 Å². The highest BCUT2D eigenvalue weighted by atomic mass is 16.5. The highest BCUT2D eigenvalue weighted by molar-refractivity contribution is 5.87. The van der Waals surface area contributed by atoms with Crippen LogP contribution in [0.2, 0.25) is 0 Å². The van der Waals surface area contributed by atoms with Gasteiger partial charge >= 0.3 is 5.97 Å². The van der Waals surface area contributed by atoms with Crippen LogP contribution in [0.4, 0.5) is 0 Å². The molecule has 2 aromatic rings. The molecule has 0 amide bonds. The molecule has 1 heterocycles. The summed E-state index contributed by atoms with van der Waals surface area (Å²) in [5.74, 6) is -0.210. The van der Waals surface area contributed by atoms with E-state index in [2.05, 4.69) is 4.98 Å². The average molecular weight is 269 g/mol. The molecule has 0 spiro atoms. The number of carbonyl (C=O) groups is 1. The molecule has 0 radical (unpaired) electrons. The van der Waals surface area contributed by atoms with Gasteiger partial charge in [0.1, 0.15) is 12.4 Å². The van der Waals surface area contributed by atoms with Crippen LogP contribution in [0.25, 0.3) is 6.08 Å². The molecule has 4 nitrogen and oxygen atoms in total. The van der Waals surface area contributed by atoms with E-state index in [0.29, 0.717) is 12.3 Å². The first kappa shape index (κ1) is 13.8. The van der Waals surface area contributed by atoms with Gasteiger partial charge in [-0.2, -0.15) is 0 Å². The minimum absolute atomic E-state index is 0.170. The maximum Gasteiger partial charge on any atom is 0.337 e. The van der Waals surface area contributed by atoms with E-state index in [1.54, 1.807) is 6.07 Å². The van der Waals surface area contributed by atoms with E-state index in [-0.39, 0.29) is 5.56 Å². The number of ether oxygens (including phenoxy) is 1. The van der Waals surface area contributed by atoms with Gasteiger partial charge in [0, 0.05) is 11.8 Å². The third kappa shape index (κ3) is 3.45. The number of carboxylic acids is 1. The zero-order valence-electron chi connectivity index (χ0n) is 11.1. The third-order valence-electron chi connectivity index (χ3n) is 2.71. The van der Waals surface area contributed by atoms with E-state index in [0.717, 1.165) is 11.3 Å². The van der Waals surface area contributed by atoms with E-state index in [4.69, 9.17) is 9.84 Å². The second-order valence-electron chi connectivity index (χ2n) is 4.17. The van der Waals surface area contributed by atoms with Crippen molar-refractivity contribution in [2.24, 2.45) is 0 Å². The van der Waals surface area contributed by atoms with E-state index in [9.17, 15) is 4.79 Å². The second-order valence-corrected chi connectivity index (χ2v) is 4.17. The zero-order chi connectivity index (χ0) is 14.4. The summed E-state index contributed by atoms with van der Waals surface area (Å²) in [4.78, 5) is 14.8. The number of hydrogen-bond acceptors (Lipinski definition) is 3. The molecule has 0 unspecified atom stereocenters. The standard InChI is InChI=1S/C16H15NO3/c1-2-5-12-6-3-4-7-15(12)20-11-14-9-8-13(10-17-14)16(18)19/h2-10H,11H2,1H3,(H,18,19)/b5-2+. The summed E-state index contributed by atoms with van der Waals surface area (Å²) < 4.78 is 5.71. The van der Waals surface area contributed by atoms with Crippen molar-refractivity contribution < 1.29 is 14.6 Å². The maximum absolute atomic E-state index is 10.7. The molecule has 102 valence electrons. The molecule has 0 bridgehead atoms. The number of pyridine rings is 1. The van der Waals surface area contributed by atoms with Crippen molar-refractivity contribution in [1.29, 1.82) is 0 Å². The number of benzene rings is 1. The van der Waals surface area contributed by atoms with Gasteiger partial charge in [0.05, 0.1) is 11.3 Å². The predicted octanol–water partition coefficient (Wildman–Crippen LogP) is 3.39. The molecule has 2 rings (SSSR count). The number of aromatic nitrogens is 1. The summed E-state index contributed by atoms with van der Waals surface area (Å²) in [6, 6.07) is 10.9. The maximum atomic E-state index is 10.7. The third-order valence-corrected chi connectivity index (χ3v) is 2.71. The van der Waals surface area contributed by atoms with Crippen LogP contribution in [-0.4, -0.2) is 16.1 Å². The molecule has 0 aliphatic heterocycles.